The molecule has 0 bridgehead atoms. The van der Waals surface area contributed by atoms with E-state index in [2.05, 4.69) is 4.72 Å². The van der Waals surface area contributed by atoms with E-state index in [4.69, 9.17) is 16.3 Å². The summed E-state index contributed by atoms with van der Waals surface area (Å²) in [5.74, 6) is 0. The van der Waals surface area contributed by atoms with E-state index in [9.17, 15) is 8.42 Å². The Balaban J connectivity index is 2.59. The highest BCUT2D eigenvalue weighted by Gasteiger charge is 2.16. The van der Waals surface area contributed by atoms with Gasteiger partial charge < -0.3 is 4.74 Å². The Bertz CT molecular complexity index is 476. The van der Waals surface area contributed by atoms with Crippen LogP contribution in [0.5, 0.6) is 0 Å². The summed E-state index contributed by atoms with van der Waals surface area (Å²) in [7, 11) is -1.89. The number of nitrogens with one attached hydrogen (secondary N) is 1. The molecule has 0 fully saturated rings. The molecule has 0 radical (unpaired) electrons. The number of sulfonamides is 1. The molecule has 0 aromatic heterocycles. The Hall–Kier alpha value is -0.620. The van der Waals surface area contributed by atoms with Crippen molar-refractivity contribution in [1.29, 1.82) is 0 Å². The van der Waals surface area contributed by atoms with E-state index in [1.165, 1.54) is 0 Å². The number of alkyl halides is 1. The maximum absolute atomic E-state index is 12.0. The summed E-state index contributed by atoms with van der Waals surface area (Å²) in [5.41, 5.74) is 0.726. The lowest BCUT2D eigenvalue weighted by atomic mass is 10.2. The zero-order valence-electron chi connectivity index (χ0n) is 10.5. The number of hydrogen-bond donors (Lipinski definition) is 1. The van der Waals surface area contributed by atoms with Gasteiger partial charge in [-0.3, -0.25) is 0 Å². The average molecular weight is 292 g/mol. The van der Waals surface area contributed by atoms with Crippen molar-refractivity contribution in [3.05, 3.63) is 29.8 Å². The van der Waals surface area contributed by atoms with E-state index in [-0.39, 0.29) is 5.38 Å². The first-order valence-corrected chi connectivity index (χ1v) is 7.57. The molecule has 0 saturated heterocycles. The number of hydrogen-bond acceptors (Lipinski definition) is 3. The third kappa shape index (κ3) is 4.57. The third-order valence-corrected chi connectivity index (χ3v) is 4.45. The summed E-state index contributed by atoms with van der Waals surface area (Å²) in [5, 5.41) is -0.186. The van der Waals surface area contributed by atoms with Gasteiger partial charge in [0.05, 0.1) is 16.9 Å². The highest BCUT2D eigenvalue weighted by molar-refractivity contribution is 7.89. The Labute approximate surface area is 113 Å². The van der Waals surface area contributed by atoms with Crippen molar-refractivity contribution >= 4 is 21.6 Å². The van der Waals surface area contributed by atoms with Crippen LogP contribution in [0.3, 0.4) is 0 Å². The molecule has 0 spiro atoms. The van der Waals surface area contributed by atoms with E-state index >= 15 is 0 Å². The van der Waals surface area contributed by atoms with E-state index < -0.39 is 10.0 Å². The minimum atomic E-state index is -3.45. The van der Waals surface area contributed by atoms with E-state index in [1.807, 2.05) is 6.07 Å². The molecule has 1 N–H and O–H groups in total. The fourth-order valence-corrected chi connectivity index (χ4v) is 3.08. The molecule has 4 nitrogen and oxygen atoms in total. The number of ether oxygens (including phenoxy) is 1. The second-order valence-corrected chi connectivity index (χ2v) is 6.36. The second-order valence-electron chi connectivity index (χ2n) is 4.00. The Morgan fingerprint density at radius 2 is 2.06 bits per heavy atom. The van der Waals surface area contributed by atoms with Gasteiger partial charge in [-0.15, -0.1) is 11.6 Å². The minimum absolute atomic E-state index is 0.186. The number of rotatable bonds is 7. The van der Waals surface area contributed by atoms with Gasteiger partial charge in [-0.25, -0.2) is 13.1 Å². The van der Waals surface area contributed by atoms with Crippen LogP contribution in [0.15, 0.2) is 29.2 Å². The molecule has 0 saturated carbocycles. The minimum Gasteiger partial charge on any atom is -0.383 e. The highest BCUT2D eigenvalue weighted by atomic mass is 35.5. The normalized spacial score (nSPS) is 13.5. The molecule has 0 aliphatic rings. The molecule has 18 heavy (non-hydrogen) atoms. The van der Waals surface area contributed by atoms with E-state index in [1.54, 1.807) is 32.2 Å². The van der Waals surface area contributed by atoms with Crippen molar-refractivity contribution in [1.82, 2.24) is 4.72 Å². The number of halogens is 1. The fourth-order valence-electron chi connectivity index (χ4n) is 1.55. The van der Waals surface area contributed by atoms with Gasteiger partial charge in [0, 0.05) is 13.7 Å². The lowest BCUT2D eigenvalue weighted by Crippen LogP contribution is -2.27. The van der Waals surface area contributed by atoms with Gasteiger partial charge in [0.1, 0.15) is 0 Å². The lowest BCUT2D eigenvalue weighted by Gasteiger charge is -2.11. The summed E-state index contributed by atoms with van der Waals surface area (Å²) >= 11 is 5.93. The van der Waals surface area contributed by atoms with Gasteiger partial charge in [0.2, 0.25) is 10.0 Å². The third-order valence-electron chi connectivity index (χ3n) is 2.48. The summed E-state index contributed by atoms with van der Waals surface area (Å²) in [6.45, 7) is 2.48. The van der Waals surface area contributed by atoms with Crippen LogP contribution < -0.4 is 4.72 Å². The Kier molecular flexibility index (Phi) is 6.08. The fraction of sp³-hybridized carbons (Fsp3) is 0.500. The van der Waals surface area contributed by atoms with Crippen LogP contribution in [0, 0.1) is 6.92 Å². The largest absolute Gasteiger partial charge is 0.383 e. The van der Waals surface area contributed by atoms with Crippen molar-refractivity contribution < 1.29 is 13.2 Å². The van der Waals surface area contributed by atoms with Gasteiger partial charge in [0.25, 0.3) is 0 Å². The van der Waals surface area contributed by atoms with Crippen LogP contribution in [0.25, 0.3) is 0 Å². The van der Waals surface area contributed by atoms with Gasteiger partial charge in [-0.1, -0.05) is 18.2 Å². The molecule has 0 heterocycles. The van der Waals surface area contributed by atoms with Crippen LogP contribution in [0.1, 0.15) is 12.0 Å². The van der Waals surface area contributed by atoms with Crippen LogP contribution in [-0.2, 0) is 14.8 Å². The summed E-state index contributed by atoms with van der Waals surface area (Å²) < 4.78 is 31.4. The van der Waals surface area contributed by atoms with E-state index in [0.29, 0.717) is 24.5 Å². The Morgan fingerprint density at radius 1 is 1.39 bits per heavy atom. The van der Waals surface area contributed by atoms with Gasteiger partial charge in [0.15, 0.2) is 0 Å². The van der Waals surface area contributed by atoms with Crippen molar-refractivity contribution in [2.24, 2.45) is 0 Å². The molecule has 0 aliphatic carbocycles. The van der Waals surface area contributed by atoms with Crippen LogP contribution in [-0.4, -0.2) is 34.1 Å². The summed E-state index contributed by atoms with van der Waals surface area (Å²) in [4.78, 5) is 0.308. The standard InChI is InChI=1S/C12H18ClNO3S/c1-10-5-3-4-6-12(10)18(15,16)14-8-7-11(13)9-17-2/h3-6,11,14H,7-9H2,1-2H3. The smallest absolute Gasteiger partial charge is 0.240 e. The van der Waals surface area contributed by atoms with Gasteiger partial charge in [-0.05, 0) is 25.0 Å². The zero-order valence-corrected chi connectivity index (χ0v) is 12.1. The molecule has 1 rings (SSSR count). The SMILES string of the molecule is COCC(Cl)CCNS(=O)(=O)c1ccccc1C. The van der Waals surface area contributed by atoms with Crippen LogP contribution in [0.4, 0.5) is 0 Å². The predicted molar refractivity (Wildman–Crippen MR) is 72.5 cm³/mol. The zero-order chi connectivity index (χ0) is 13.6. The van der Waals surface area contributed by atoms with Gasteiger partial charge >= 0.3 is 0 Å². The Morgan fingerprint density at radius 3 is 2.67 bits per heavy atom. The van der Waals surface area contributed by atoms with E-state index in [0.717, 1.165) is 5.56 Å². The van der Waals surface area contributed by atoms with Crippen molar-refractivity contribution in [2.45, 2.75) is 23.6 Å². The first-order chi connectivity index (χ1) is 8.47. The molecule has 0 amide bonds. The number of methoxy groups -OCH3 is 1. The van der Waals surface area contributed by atoms with Gasteiger partial charge in [-0.2, -0.15) is 0 Å². The first kappa shape index (κ1) is 15.4. The lowest BCUT2D eigenvalue weighted by molar-refractivity contribution is 0.196. The molecule has 1 atom stereocenters. The predicted octanol–water partition coefficient (Wildman–Crippen LogP) is 1.92. The molecule has 1 aromatic rings. The molecule has 1 unspecified atom stereocenters. The average Bonchev–Trinajstić information content (AvgIpc) is 2.29. The number of aryl methyl sites for hydroxylation is 1. The molecule has 102 valence electrons. The monoisotopic (exact) mass is 291 g/mol. The van der Waals surface area contributed by atoms with Crippen LogP contribution >= 0.6 is 11.6 Å². The maximum atomic E-state index is 12.0. The van der Waals surface area contributed by atoms with Crippen molar-refractivity contribution in [3.63, 3.8) is 0 Å². The maximum Gasteiger partial charge on any atom is 0.240 e. The first-order valence-electron chi connectivity index (χ1n) is 5.65. The van der Waals surface area contributed by atoms with Crippen molar-refractivity contribution in [3.8, 4) is 0 Å². The van der Waals surface area contributed by atoms with Crippen LogP contribution in [0.2, 0.25) is 0 Å². The summed E-state index contributed by atoms with van der Waals surface area (Å²) in [6.07, 6.45) is 0.528. The second kappa shape index (κ2) is 7.09. The quantitative estimate of drug-likeness (QED) is 0.781. The topological polar surface area (TPSA) is 55.4 Å². The molecule has 0 aliphatic heterocycles. The number of benzene rings is 1. The molecular weight excluding hydrogens is 274 g/mol. The molecular formula is C12H18ClNO3S. The molecule has 1 aromatic carbocycles. The van der Waals surface area contributed by atoms with Crippen molar-refractivity contribution in [2.75, 3.05) is 20.3 Å². The summed E-state index contributed by atoms with van der Waals surface area (Å²) in [6, 6.07) is 6.87. The molecule has 6 heteroatoms. The highest BCUT2D eigenvalue weighted by Crippen LogP contribution is 2.13.